The van der Waals surface area contributed by atoms with Gasteiger partial charge in [-0.05, 0) is 48.7 Å². The quantitative estimate of drug-likeness (QED) is 0.658. The minimum atomic E-state index is -0.692. The Hall–Kier alpha value is -3.39. The number of anilines is 1. The van der Waals surface area contributed by atoms with Crippen molar-refractivity contribution in [2.45, 2.75) is 31.8 Å². The Kier molecular flexibility index (Phi) is 5.30. The average Bonchev–Trinajstić information content (AvgIpc) is 3.15. The molecule has 2 aromatic heterocycles. The van der Waals surface area contributed by atoms with E-state index in [2.05, 4.69) is 20.2 Å². The largest absolute Gasteiger partial charge is 0.369 e. The minimum Gasteiger partial charge on any atom is -0.369 e. The highest BCUT2D eigenvalue weighted by Gasteiger charge is 2.27. The van der Waals surface area contributed by atoms with Crippen molar-refractivity contribution in [3.8, 4) is 11.3 Å². The molecule has 0 spiro atoms. The zero-order valence-corrected chi connectivity index (χ0v) is 17.4. The Morgan fingerprint density at radius 3 is 2.69 bits per heavy atom. The number of fused-ring (bicyclic) bond motifs is 1. The summed E-state index contributed by atoms with van der Waals surface area (Å²) in [5.74, 6) is -1.62. The van der Waals surface area contributed by atoms with E-state index in [1.807, 2.05) is 18.3 Å². The molecule has 0 unspecified atom stereocenters. The molecule has 4 heterocycles. The second-order valence-corrected chi connectivity index (χ2v) is 8.30. The van der Waals surface area contributed by atoms with Gasteiger partial charge in [-0.2, -0.15) is 0 Å². The molecule has 1 amide bonds. The highest BCUT2D eigenvalue weighted by Crippen LogP contribution is 2.30. The predicted molar refractivity (Wildman–Crippen MR) is 117 cm³/mol. The molecular formula is C24H23F2N5O. The van der Waals surface area contributed by atoms with Gasteiger partial charge < -0.3 is 16.0 Å². The summed E-state index contributed by atoms with van der Waals surface area (Å²) in [6, 6.07) is 9.38. The second-order valence-electron chi connectivity index (χ2n) is 8.30. The van der Waals surface area contributed by atoms with Crippen molar-refractivity contribution in [3.05, 3.63) is 76.7 Å². The van der Waals surface area contributed by atoms with Crippen LogP contribution in [-0.4, -0.2) is 35.0 Å². The van der Waals surface area contributed by atoms with E-state index in [-0.39, 0.29) is 29.8 Å². The standard InChI is InChI=1S/C24H23F2N5O/c25-18-4-1-5-19(26)23(18)20-10-14(22-21(30-20)12-29-24(22)32)9-16-6-7-17(11-28-16)31-8-2-3-15(27)13-31/h1,4-7,10-11,15H,2-3,8-9,12-13,27H2,(H,29,32)/t15-/m0/s1. The van der Waals surface area contributed by atoms with Gasteiger partial charge in [-0.15, -0.1) is 0 Å². The van der Waals surface area contributed by atoms with Crippen molar-refractivity contribution in [2.75, 3.05) is 18.0 Å². The molecule has 164 valence electrons. The first-order valence-corrected chi connectivity index (χ1v) is 10.7. The molecule has 0 aliphatic carbocycles. The number of benzene rings is 1. The van der Waals surface area contributed by atoms with E-state index in [9.17, 15) is 13.6 Å². The maximum absolute atomic E-state index is 14.4. The Balaban J connectivity index is 1.48. The van der Waals surface area contributed by atoms with E-state index in [4.69, 9.17) is 5.73 Å². The zero-order chi connectivity index (χ0) is 22.2. The highest BCUT2D eigenvalue weighted by atomic mass is 19.1. The van der Waals surface area contributed by atoms with Crippen molar-refractivity contribution in [1.82, 2.24) is 15.3 Å². The smallest absolute Gasteiger partial charge is 0.253 e. The van der Waals surface area contributed by atoms with Crippen LogP contribution in [0.3, 0.4) is 0 Å². The van der Waals surface area contributed by atoms with Crippen molar-refractivity contribution in [1.29, 1.82) is 0 Å². The predicted octanol–water partition coefficient (Wildman–Crippen LogP) is 3.18. The van der Waals surface area contributed by atoms with Crippen molar-refractivity contribution in [3.63, 3.8) is 0 Å². The third kappa shape index (κ3) is 3.82. The van der Waals surface area contributed by atoms with Crippen molar-refractivity contribution < 1.29 is 13.6 Å². The molecule has 0 bridgehead atoms. The molecular weight excluding hydrogens is 412 g/mol. The fourth-order valence-corrected chi connectivity index (χ4v) is 4.47. The summed E-state index contributed by atoms with van der Waals surface area (Å²) in [4.78, 5) is 23.6. The lowest BCUT2D eigenvalue weighted by atomic mass is 9.98. The van der Waals surface area contributed by atoms with Gasteiger partial charge in [0.2, 0.25) is 0 Å². The number of rotatable bonds is 4. The van der Waals surface area contributed by atoms with Crippen LogP contribution < -0.4 is 16.0 Å². The third-order valence-corrected chi connectivity index (χ3v) is 6.04. The first-order chi connectivity index (χ1) is 15.5. The van der Waals surface area contributed by atoms with Gasteiger partial charge >= 0.3 is 0 Å². The van der Waals surface area contributed by atoms with E-state index in [1.54, 1.807) is 6.07 Å². The summed E-state index contributed by atoms with van der Waals surface area (Å²) in [5.41, 5.74) is 9.41. The van der Waals surface area contributed by atoms with Gasteiger partial charge in [-0.3, -0.25) is 9.78 Å². The molecule has 1 saturated heterocycles. The number of piperidine rings is 1. The average molecular weight is 435 g/mol. The third-order valence-electron chi connectivity index (χ3n) is 6.04. The van der Waals surface area contributed by atoms with Crippen LogP contribution in [0, 0.1) is 11.6 Å². The van der Waals surface area contributed by atoms with E-state index >= 15 is 0 Å². The first-order valence-electron chi connectivity index (χ1n) is 10.7. The van der Waals surface area contributed by atoms with Crippen LogP contribution in [0.5, 0.6) is 0 Å². The van der Waals surface area contributed by atoms with E-state index in [0.717, 1.165) is 37.3 Å². The molecule has 3 aromatic rings. The van der Waals surface area contributed by atoms with Gasteiger partial charge in [-0.25, -0.2) is 13.8 Å². The Labute approximate surface area is 184 Å². The minimum absolute atomic E-state index is 0.165. The fourth-order valence-electron chi connectivity index (χ4n) is 4.47. The van der Waals surface area contributed by atoms with Gasteiger partial charge in [0.25, 0.3) is 5.91 Å². The topological polar surface area (TPSA) is 84.1 Å². The second kappa shape index (κ2) is 8.27. The molecule has 32 heavy (non-hydrogen) atoms. The number of halogens is 2. The van der Waals surface area contributed by atoms with Crippen LogP contribution in [0.15, 0.2) is 42.6 Å². The summed E-state index contributed by atoms with van der Waals surface area (Å²) in [7, 11) is 0. The summed E-state index contributed by atoms with van der Waals surface area (Å²) in [6.45, 7) is 1.98. The Morgan fingerprint density at radius 2 is 1.97 bits per heavy atom. The Bertz CT molecular complexity index is 1160. The number of nitrogens with one attached hydrogen (secondary N) is 1. The number of hydrogen-bond acceptors (Lipinski definition) is 5. The number of aromatic nitrogens is 2. The summed E-state index contributed by atoms with van der Waals surface area (Å²) < 4.78 is 28.8. The van der Waals surface area contributed by atoms with E-state index < -0.39 is 11.6 Å². The summed E-state index contributed by atoms with van der Waals surface area (Å²) in [6.07, 6.45) is 4.24. The highest BCUT2D eigenvalue weighted by molar-refractivity contribution is 5.99. The van der Waals surface area contributed by atoms with Gasteiger partial charge in [-0.1, -0.05) is 6.07 Å². The lowest BCUT2D eigenvalue weighted by molar-refractivity contribution is 0.0965. The van der Waals surface area contributed by atoms with Crippen LogP contribution in [0.4, 0.5) is 14.5 Å². The van der Waals surface area contributed by atoms with Gasteiger partial charge in [0.1, 0.15) is 11.6 Å². The Morgan fingerprint density at radius 1 is 1.16 bits per heavy atom. The van der Waals surface area contributed by atoms with Gasteiger partial charge in [0.15, 0.2) is 0 Å². The summed E-state index contributed by atoms with van der Waals surface area (Å²) in [5, 5.41) is 2.75. The molecule has 6 nitrogen and oxygen atoms in total. The van der Waals surface area contributed by atoms with Crippen LogP contribution >= 0.6 is 0 Å². The maximum atomic E-state index is 14.4. The van der Waals surface area contributed by atoms with Crippen LogP contribution in [0.25, 0.3) is 11.3 Å². The van der Waals surface area contributed by atoms with Crippen LogP contribution in [-0.2, 0) is 13.0 Å². The number of amides is 1. The molecule has 3 N–H and O–H groups in total. The number of carbonyl (C=O) groups excluding carboxylic acids is 1. The first kappa shape index (κ1) is 20.5. The number of nitrogens with zero attached hydrogens (tertiary/aromatic N) is 3. The van der Waals surface area contributed by atoms with Crippen molar-refractivity contribution >= 4 is 11.6 Å². The summed E-state index contributed by atoms with van der Waals surface area (Å²) >= 11 is 0. The molecule has 5 rings (SSSR count). The van der Waals surface area contributed by atoms with Crippen molar-refractivity contribution in [2.24, 2.45) is 5.73 Å². The molecule has 2 aliphatic heterocycles. The molecule has 1 atom stereocenters. The van der Waals surface area contributed by atoms with E-state index in [0.29, 0.717) is 23.2 Å². The number of nitrogens with two attached hydrogens (primary N) is 1. The number of hydrogen-bond donors (Lipinski definition) is 2. The monoisotopic (exact) mass is 435 g/mol. The molecule has 1 aromatic carbocycles. The molecule has 2 aliphatic rings. The molecule has 0 radical (unpaired) electrons. The van der Waals surface area contributed by atoms with Crippen LogP contribution in [0.2, 0.25) is 0 Å². The number of carbonyl (C=O) groups is 1. The molecule has 0 saturated carbocycles. The van der Waals surface area contributed by atoms with E-state index in [1.165, 1.54) is 18.2 Å². The molecule has 8 heteroatoms. The van der Waals surface area contributed by atoms with Gasteiger partial charge in [0.05, 0.1) is 40.9 Å². The lowest BCUT2D eigenvalue weighted by Gasteiger charge is -2.32. The molecule has 1 fully saturated rings. The van der Waals surface area contributed by atoms with Gasteiger partial charge in [0, 0.05) is 31.2 Å². The lowest BCUT2D eigenvalue weighted by Crippen LogP contribution is -2.42. The number of pyridine rings is 2. The fraction of sp³-hybridized carbons (Fsp3) is 0.292. The maximum Gasteiger partial charge on any atom is 0.253 e. The zero-order valence-electron chi connectivity index (χ0n) is 17.4. The normalized spacial score (nSPS) is 17.9. The van der Waals surface area contributed by atoms with Crippen LogP contribution in [0.1, 0.15) is 40.2 Å². The SMILES string of the molecule is N[C@H]1CCCN(c2ccc(Cc3cc(-c4c(F)cccc4F)nc4c3C(=O)NC4)nc2)C1.